The van der Waals surface area contributed by atoms with E-state index in [1.807, 2.05) is 20.8 Å². The smallest absolute Gasteiger partial charge is 0.227 e. The lowest BCUT2D eigenvalue weighted by Crippen LogP contribution is -2.43. The van der Waals surface area contributed by atoms with Crippen molar-refractivity contribution in [2.45, 2.75) is 40.5 Å². The first kappa shape index (κ1) is 18.0. The molecule has 1 atom stereocenters. The summed E-state index contributed by atoms with van der Waals surface area (Å²) in [5.41, 5.74) is -0.185. The normalized spacial score (nSPS) is 25.2. The maximum atomic E-state index is 12.1. The summed E-state index contributed by atoms with van der Waals surface area (Å²) < 4.78 is 5.60. The third-order valence-electron chi connectivity index (χ3n) is 4.83. The summed E-state index contributed by atoms with van der Waals surface area (Å²) in [5, 5.41) is 6.27. The maximum Gasteiger partial charge on any atom is 0.227 e. The average Bonchev–Trinajstić information content (AvgIpc) is 3.14. The van der Waals surface area contributed by atoms with E-state index >= 15 is 0 Å². The lowest BCUT2D eigenvalue weighted by molar-refractivity contribution is -0.128. The summed E-state index contributed by atoms with van der Waals surface area (Å²) in [4.78, 5) is 19.2. The Kier molecular flexibility index (Phi) is 5.89. The lowest BCUT2D eigenvalue weighted by atomic mass is 9.87. The van der Waals surface area contributed by atoms with E-state index < -0.39 is 5.41 Å². The van der Waals surface area contributed by atoms with Crippen LogP contribution in [0.1, 0.15) is 40.5 Å². The van der Waals surface area contributed by atoms with Gasteiger partial charge in [-0.05, 0) is 40.5 Å². The molecule has 6 nitrogen and oxygen atoms in total. The van der Waals surface area contributed by atoms with Crippen LogP contribution in [0.2, 0.25) is 0 Å². The van der Waals surface area contributed by atoms with E-state index in [2.05, 4.69) is 22.5 Å². The van der Waals surface area contributed by atoms with E-state index in [1.165, 1.54) is 0 Å². The molecule has 132 valence electrons. The number of guanidine groups is 1. The summed E-state index contributed by atoms with van der Waals surface area (Å²) in [6.07, 6.45) is 2.31. The third kappa shape index (κ3) is 4.37. The van der Waals surface area contributed by atoms with Crippen LogP contribution in [-0.2, 0) is 9.53 Å². The van der Waals surface area contributed by atoms with E-state index in [9.17, 15) is 4.79 Å². The molecule has 0 bridgehead atoms. The number of amides is 1. The molecule has 0 aliphatic carbocycles. The number of rotatable bonds is 5. The lowest BCUT2D eigenvalue weighted by Gasteiger charge is -2.27. The van der Waals surface area contributed by atoms with Crippen molar-refractivity contribution in [1.29, 1.82) is 0 Å². The summed E-state index contributed by atoms with van der Waals surface area (Å²) >= 11 is 0. The number of carbonyl (C=O) groups excluding carboxylic acids is 1. The molecule has 2 rings (SSSR count). The Morgan fingerprint density at radius 1 is 1.26 bits per heavy atom. The Hall–Kier alpha value is -1.30. The van der Waals surface area contributed by atoms with Crippen LogP contribution < -0.4 is 10.6 Å². The van der Waals surface area contributed by atoms with Crippen LogP contribution >= 0.6 is 0 Å². The second kappa shape index (κ2) is 7.51. The predicted molar refractivity (Wildman–Crippen MR) is 92.5 cm³/mol. The first-order chi connectivity index (χ1) is 10.9. The molecule has 2 heterocycles. The summed E-state index contributed by atoms with van der Waals surface area (Å²) in [5.74, 6) is 0.982. The number of aliphatic imine (C=N–C) groups is 1. The SMILES string of the molecule is CCNC(=O)C(C)(C)CN=C(NCC)N1CCC2(CCOC2)C1. The van der Waals surface area contributed by atoms with Gasteiger partial charge in [-0.25, -0.2) is 0 Å². The number of nitrogens with one attached hydrogen (secondary N) is 2. The van der Waals surface area contributed by atoms with Crippen LogP contribution in [0, 0.1) is 10.8 Å². The molecule has 0 aromatic rings. The highest BCUT2D eigenvalue weighted by molar-refractivity contribution is 5.84. The standard InChI is InChI=1S/C17H32N4O2/c1-5-18-14(22)16(3,4)11-20-15(19-6-2)21-9-7-17(12-21)8-10-23-13-17/h5-13H2,1-4H3,(H,18,22)(H,19,20). The quantitative estimate of drug-likeness (QED) is 0.590. The minimum absolute atomic E-state index is 0.0571. The maximum absolute atomic E-state index is 12.1. The molecule has 6 heteroatoms. The zero-order chi connectivity index (χ0) is 16.9. The van der Waals surface area contributed by atoms with Gasteiger partial charge in [0.1, 0.15) is 0 Å². The number of hydrogen-bond acceptors (Lipinski definition) is 3. The van der Waals surface area contributed by atoms with E-state index in [-0.39, 0.29) is 5.91 Å². The molecule has 2 aliphatic rings. The topological polar surface area (TPSA) is 66.0 Å². The molecule has 1 amide bonds. The van der Waals surface area contributed by atoms with Gasteiger partial charge in [-0.3, -0.25) is 9.79 Å². The van der Waals surface area contributed by atoms with Gasteiger partial charge in [0, 0.05) is 38.2 Å². The molecule has 1 unspecified atom stereocenters. The Bertz CT molecular complexity index is 442. The van der Waals surface area contributed by atoms with Crippen LogP contribution in [0.25, 0.3) is 0 Å². The van der Waals surface area contributed by atoms with Gasteiger partial charge in [0.25, 0.3) is 0 Å². The summed E-state index contributed by atoms with van der Waals surface area (Å²) in [6.45, 7) is 13.6. The van der Waals surface area contributed by atoms with Crippen molar-refractivity contribution in [3.05, 3.63) is 0 Å². The van der Waals surface area contributed by atoms with Crippen molar-refractivity contribution >= 4 is 11.9 Å². The van der Waals surface area contributed by atoms with E-state index in [0.717, 1.165) is 51.6 Å². The largest absolute Gasteiger partial charge is 0.381 e. The van der Waals surface area contributed by atoms with Gasteiger partial charge in [-0.2, -0.15) is 0 Å². The van der Waals surface area contributed by atoms with E-state index in [1.54, 1.807) is 0 Å². The van der Waals surface area contributed by atoms with Crippen molar-refractivity contribution in [2.24, 2.45) is 15.8 Å². The molecular formula is C17H32N4O2. The van der Waals surface area contributed by atoms with E-state index in [4.69, 9.17) is 9.73 Å². The minimum atomic E-state index is -0.495. The van der Waals surface area contributed by atoms with Crippen molar-refractivity contribution in [3.8, 4) is 0 Å². The molecule has 0 saturated carbocycles. The zero-order valence-electron chi connectivity index (χ0n) is 15.1. The Morgan fingerprint density at radius 2 is 2.00 bits per heavy atom. The van der Waals surface area contributed by atoms with Gasteiger partial charge in [0.05, 0.1) is 18.6 Å². The van der Waals surface area contributed by atoms with Crippen LogP contribution in [0.4, 0.5) is 0 Å². The van der Waals surface area contributed by atoms with Crippen LogP contribution in [0.15, 0.2) is 4.99 Å². The van der Waals surface area contributed by atoms with Gasteiger partial charge in [-0.15, -0.1) is 0 Å². The van der Waals surface area contributed by atoms with Gasteiger partial charge >= 0.3 is 0 Å². The summed E-state index contributed by atoms with van der Waals surface area (Å²) in [7, 11) is 0. The molecule has 23 heavy (non-hydrogen) atoms. The first-order valence-corrected chi connectivity index (χ1v) is 8.82. The van der Waals surface area contributed by atoms with Gasteiger partial charge < -0.3 is 20.3 Å². The average molecular weight is 324 g/mol. The fourth-order valence-electron chi connectivity index (χ4n) is 3.26. The number of carbonyl (C=O) groups is 1. The molecule has 2 saturated heterocycles. The van der Waals surface area contributed by atoms with Crippen LogP contribution in [-0.4, -0.2) is 62.7 Å². The second-order valence-corrected chi connectivity index (χ2v) is 7.39. The monoisotopic (exact) mass is 324 g/mol. The Morgan fingerprint density at radius 3 is 2.61 bits per heavy atom. The van der Waals surface area contributed by atoms with Crippen molar-refractivity contribution in [1.82, 2.24) is 15.5 Å². The number of ether oxygens (including phenoxy) is 1. The highest BCUT2D eigenvalue weighted by Gasteiger charge is 2.42. The molecular weight excluding hydrogens is 292 g/mol. The zero-order valence-corrected chi connectivity index (χ0v) is 15.1. The molecule has 2 N–H and O–H groups in total. The first-order valence-electron chi connectivity index (χ1n) is 8.82. The van der Waals surface area contributed by atoms with Crippen LogP contribution in [0.5, 0.6) is 0 Å². The molecule has 2 fully saturated rings. The fourth-order valence-corrected chi connectivity index (χ4v) is 3.26. The Labute approximate surface area is 140 Å². The molecule has 0 aromatic carbocycles. The fraction of sp³-hybridized carbons (Fsp3) is 0.882. The molecule has 0 radical (unpaired) electrons. The minimum Gasteiger partial charge on any atom is -0.381 e. The molecule has 0 aromatic heterocycles. The highest BCUT2D eigenvalue weighted by Crippen LogP contribution is 2.38. The number of hydrogen-bond donors (Lipinski definition) is 2. The van der Waals surface area contributed by atoms with Crippen molar-refractivity contribution in [2.75, 3.05) is 45.9 Å². The number of likely N-dealkylation sites (tertiary alicyclic amines) is 1. The van der Waals surface area contributed by atoms with Gasteiger partial charge in [-0.1, -0.05) is 0 Å². The van der Waals surface area contributed by atoms with Gasteiger partial charge in [0.15, 0.2) is 5.96 Å². The van der Waals surface area contributed by atoms with Crippen LogP contribution in [0.3, 0.4) is 0 Å². The Balaban J connectivity index is 2.01. The summed E-state index contributed by atoms with van der Waals surface area (Å²) in [6, 6.07) is 0. The third-order valence-corrected chi connectivity index (χ3v) is 4.83. The predicted octanol–water partition coefficient (Wildman–Crippen LogP) is 1.23. The van der Waals surface area contributed by atoms with Gasteiger partial charge in [0.2, 0.25) is 5.91 Å². The number of nitrogens with zero attached hydrogens (tertiary/aromatic N) is 2. The van der Waals surface area contributed by atoms with Crippen molar-refractivity contribution in [3.63, 3.8) is 0 Å². The molecule has 1 spiro atoms. The van der Waals surface area contributed by atoms with Crippen molar-refractivity contribution < 1.29 is 9.53 Å². The molecule has 2 aliphatic heterocycles. The second-order valence-electron chi connectivity index (χ2n) is 7.39. The highest BCUT2D eigenvalue weighted by atomic mass is 16.5. The van der Waals surface area contributed by atoms with E-state index in [0.29, 0.717) is 18.5 Å².